The first kappa shape index (κ1) is 12.1. The second-order valence-electron chi connectivity index (χ2n) is 5.26. The molecular formula is C14H12N4O3. The fraction of sp³-hybridized carbons (Fsp3) is 0.286. The molecule has 2 aromatic heterocycles. The molecule has 0 amide bonds. The van der Waals surface area contributed by atoms with E-state index in [2.05, 4.69) is 10.1 Å². The number of non-ortho nitro benzene ring substituents is 1. The first-order valence-corrected chi connectivity index (χ1v) is 6.76. The number of nitro benzene ring substituents is 1. The van der Waals surface area contributed by atoms with E-state index < -0.39 is 4.92 Å². The van der Waals surface area contributed by atoms with Gasteiger partial charge in [-0.3, -0.25) is 10.1 Å². The van der Waals surface area contributed by atoms with Gasteiger partial charge in [0.05, 0.1) is 10.4 Å². The molecule has 4 rings (SSSR count). The first-order valence-electron chi connectivity index (χ1n) is 6.76. The van der Waals surface area contributed by atoms with E-state index in [1.807, 2.05) is 16.8 Å². The highest BCUT2D eigenvalue weighted by molar-refractivity contribution is 5.82. The van der Waals surface area contributed by atoms with Crippen LogP contribution in [-0.4, -0.2) is 19.6 Å². The number of fused-ring (bicyclic) bond motifs is 1. The van der Waals surface area contributed by atoms with E-state index in [0.717, 1.165) is 29.6 Å². The van der Waals surface area contributed by atoms with Gasteiger partial charge in [-0.15, -0.1) is 0 Å². The summed E-state index contributed by atoms with van der Waals surface area (Å²) < 4.78 is 7.13. The van der Waals surface area contributed by atoms with Crippen LogP contribution in [0.1, 0.15) is 30.5 Å². The zero-order valence-corrected chi connectivity index (χ0v) is 11.1. The lowest BCUT2D eigenvalue weighted by atomic mass is 10.2. The van der Waals surface area contributed by atoms with Crippen LogP contribution in [0.4, 0.5) is 5.69 Å². The average Bonchev–Trinajstić information content (AvgIpc) is 3.10. The minimum absolute atomic E-state index is 0.0756. The molecule has 0 radical (unpaired) electrons. The van der Waals surface area contributed by atoms with Gasteiger partial charge in [0.1, 0.15) is 6.54 Å². The normalized spacial score (nSPS) is 14.7. The van der Waals surface area contributed by atoms with Gasteiger partial charge in [0.2, 0.25) is 5.89 Å². The van der Waals surface area contributed by atoms with Crippen molar-refractivity contribution in [1.82, 2.24) is 14.7 Å². The van der Waals surface area contributed by atoms with Crippen molar-refractivity contribution in [3.8, 4) is 0 Å². The smallest absolute Gasteiger partial charge is 0.271 e. The summed E-state index contributed by atoms with van der Waals surface area (Å²) in [5, 5.41) is 15.8. The Balaban J connectivity index is 1.68. The Morgan fingerprint density at radius 1 is 1.38 bits per heavy atom. The highest BCUT2D eigenvalue weighted by Crippen LogP contribution is 2.38. The maximum atomic E-state index is 10.9. The second-order valence-corrected chi connectivity index (χ2v) is 5.26. The maximum absolute atomic E-state index is 10.9. The molecule has 0 spiro atoms. The van der Waals surface area contributed by atoms with Crippen molar-refractivity contribution in [3.63, 3.8) is 0 Å². The summed E-state index contributed by atoms with van der Waals surface area (Å²) >= 11 is 0. The van der Waals surface area contributed by atoms with Crippen LogP contribution in [0.15, 0.2) is 35.0 Å². The van der Waals surface area contributed by atoms with E-state index in [1.165, 1.54) is 6.07 Å². The molecule has 1 aliphatic carbocycles. The van der Waals surface area contributed by atoms with Crippen LogP contribution in [0.5, 0.6) is 0 Å². The van der Waals surface area contributed by atoms with Crippen molar-refractivity contribution in [2.75, 3.05) is 0 Å². The van der Waals surface area contributed by atoms with Crippen molar-refractivity contribution in [2.45, 2.75) is 25.3 Å². The Bertz CT molecular complexity index is 832. The molecule has 0 unspecified atom stereocenters. The molecule has 1 saturated carbocycles. The molecule has 1 aliphatic rings. The summed E-state index contributed by atoms with van der Waals surface area (Å²) in [5.41, 5.74) is 0.863. The van der Waals surface area contributed by atoms with Crippen LogP contribution in [0, 0.1) is 10.1 Å². The molecule has 21 heavy (non-hydrogen) atoms. The van der Waals surface area contributed by atoms with E-state index in [-0.39, 0.29) is 5.69 Å². The second kappa shape index (κ2) is 4.41. The molecule has 0 bridgehead atoms. The van der Waals surface area contributed by atoms with Crippen LogP contribution in [0.3, 0.4) is 0 Å². The molecule has 1 fully saturated rings. The zero-order valence-electron chi connectivity index (χ0n) is 11.1. The first-order chi connectivity index (χ1) is 10.2. The van der Waals surface area contributed by atoms with Gasteiger partial charge in [0, 0.05) is 29.6 Å². The SMILES string of the molecule is O=[N+]([O-])c1ccc2ccn(Cc3nc(C4CC4)no3)c2c1. The Kier molecular flexibility index (Phi) is 2.53. The molecular weight excluding hydrogens is 272 g/mol. The van der Waals surface area contributed by atoms with Crippen molar-refractivity contribution in [2.24, 2.45) is 0 Å². The summed E-state index contributed by atoms with van der Waals surface area (Å²) in [5.74, 6) is 1.75. The molecule has 2 heterocycles. The summed E-state index contributed by atoms with van der Waals surface area (Å²) in [4.78, 5) is 14.9. The Hall–Kier alpha value is -2.70. The van der Waals surface area contributed by atoms with Crippen molar-refractivity contribution >= 4 is 16.6 Å². The number of hydrogen-bond donors (Lipinski definition) is 0. The lowest BCUT2D eigenvalue weighted by molar-refractivity contribution is -0.384. The van der Waals surface area contributed by atoms with E-state index in [4.69, 9.17) is 4.52 Å². The average molecular weight is 284 g/mol. The van der Waals surface area contributed by atoms with Crippen LogP contribution >= 0.6 is 0 Å². The van der Waals surface area contributed by atoms with E-state index in [1.54, 1.807) is 12.1 Å². The predicted molar refractivity (Wildman–Crippen MR) is 74.0 cm³/mol. The number of aromatic nitrogens is 3. The van der Waals surface area contributed by atoms with Gasteiger partial charge in [-0.05, 0) is 25.0 Å². The van der Waals surface area contributed by atoms with Gasteiger partial charge < -0.3 is 9.09 Å². The van der Waals surface area contributed by atoms with Gasteiger partial charge >= 0.3 is 0 Å². The summed E-state index contributed by atoms with van der Waals surface area (Å²) in [6, 6.07) is 6.72. The van der Waals surface area contributed by atoms with Crippen LogP contribution < -0.4 is 0 Å². The molecule has 1 aromatic carbocycles. The maximum Gasteiger partial charge on any atom is 0.271 e. The van der Waals surface area contributed by atoms with Crippen molar-refractivity contribution < 1.29 is 9.45 Å². The fourth-order valence-electron chi connectivity index (χ4n) is 2.41. The van der Waals surface area contributed by atoms with Crippen LogP contribution in [0.25, 0.3) is 10.9 Å². The summed E-state index contributed by atoms with van der Waals surface area (Å²) in [6.07, 6.45) is 4.12. The summed E-state index contributed by atoms with van der Waals surface area (Å²) in [7, 11) is 0. The van der Waals surface area contributed by atoms with E-state index in [9.17, 15) is 10.1 Å². The topological polar surface area (TPSA) is 87.0 Å². The van der Waals surface area contributed by atoms with Gasteiger partial charge in [-0.2, -0.15) is 4.98 Å². The van der Waals surface area contributed by atoms with Crippen LogP contribution in [0.2, 0.25) is 0 Å². The zero-order chi connectivity index (χ0) is 14.4. The minimum Gasteiger partial charge on any atom is -0.338 e. The van der Waals surface area contributed by atoms with E-state index >= 15 is 0 Å². The number of benzene rings is 1. The third kappa shape index (κ3) is 2.16. The minimum atomic E-state index is -0.394. The number of rotatable bonds is 4. The van der Waals surface area contributed by atoms with Gasteiger partial charge in [0.15, 0.2) is 5.82 Å². The predicted octanol–water partition coefficient (Wildman–Crippen LogP) is 2.86. The van der Waals surface area contributed by atoms with E-state index in [0.29, 0.717) is 18.4 Å². The molecule has 3 aromatic rings. The molecule has 0 saturated heterocycles. The number of nitrogens with zero attached hydrogens (tertiary/aromatic N) is 4. The third-order valence-corrected chi connectivity index (χ3v) is 3.70. The molecule has 7 heteroatoms. The third-order valence-electron chi connectivity index (χ3n) is 3.70. The molecule has 0 N–H and O–H groups in total. The van der Waals surface area contributed by atoms with Gasteiger partial charge in [0.25, 0.3) is 5.69 Å². The number of hydrogen-bond acceptors (Lipinski definition) is 5. The molecule has 0 atom stereocenters. The van der Waals surface area contributed by atoms with Crippen molar-refractivity contribution in [1.29, 1.82) is 0 Å². The Morgan fingerprint density at radius 3 is 3.00 bits per heavy atom. The van der Waals surface area contributed by atoms with Gasteiger partial charge in [-0.1, -0.05) is 5.16 Å². The quantitative estimate of drug-likeness (QED) is 0.543. The van der Waals surface area contributed by atoms with Crippen LogP contribution in [-0.2, 0) is 6.54 Å². The highest BCUT2D eigenvalue weighted by atomic mass is 16.6. The fourth-order valence-corrected chi connectivity index (χ4v) is 2.41. The lowest BCUT2D eigenvalue weighted by Gasteiger charge is -2.01. The highest BCUT2D eigenvalue weighted by Gasteiger charge is 2.28. The molecule has 0 aliphatic heterocycles. The van der Waals surface area contributed by atoms with Gasteiger partial charge in [-0.25, -0.2) is 0 Å². The number of nitro groups is 1. The van der Waals surface area contributed by atoms with Crippen molar-refractivity contribution in [3.05, 3.63) is 52.3 Å². The molecule has 7 nitrogen and oxygen atoms in total. The Labute approximate surface area is 119 Å². The monoisotopic (exact) mass is 284 g/mol. The largest absolute Gasteiger partial charge is 0.338 e. The lowest BCUT2D eigenvalue weighted by Crippen LogP contribution is -1.99. The standard InChI is InChI=1S/C14H12N4O3/c19-18(20)11-4-3-9-5-6-17(12(9)7-11)8-13-15-14(16-21-13)10-1-2-10/h3-7,10H,1-2,8H2. The molecule has 106 valence electrons. The summed E-state index contributed by atoms with van der Waals surface area (Å²) in [6.45, 7) is 0.421. The Morgan fingerprint density at radius 2 is 2.24 bits per heavy atom.